The maximum atomic E-state index is 2.65. The maximum absolute atomic E-state index is 2.65. The van der Waals surface area contributed by atoms with Gasteiger partial charge in [-0.1, -0.05) is 123 Å². The number of alkyl halides is 2. The summed E-state index contributed by atoms with van der Waals surface area (Å²) < 4.78 is 2.28. The molecular formula is C17H34I2. The third kappa shape index (κ3) is 17.4. The van der Waals surface area contributed by atoms with Crippen LogP contribution in [-0.2, 0) is 0 Å². The summed E-state index contributed by atoms with van der Waals surface area (Å²) in [6, 6.07) is 0. The number of halogens is 2. The summed E-state index contributed by atoms with van der Waals surface area (Å²) in [5.41, 5.74) is 0. The summed E-state index contributed by atoms with van der Waals surface area (Å²) >= 11 is 5.14. The van der Waals surface area contributed by atoms with E-state index in [0.717, 1.165) is 3.92 Å². The zero-order chi connectivity index (χ0) is 14.2. The van der Waals surface area contributed by atoms with Crippen LogP contribution in [0.1, 0.15) is 96.8 Å². The Morgan fingerprint density at radius 1 is 0.632 bits per heavy atom. The van der Waals surface area contributed by atoms with E-state index in [2.05, 4.69) is 52.1 Å². The average Bonchev–Trinajstić information content (AvgIpc) is 2.42. The van der Waals surface area contributed by atoms with Crippen molar-refractivity contribution < 1.29 is 0 Å². The van der Waals surface area contributed by atoms with Crippen molar-refractivity contribution in [3.05, 3.63) is 0 Å². The minimum absolute atomic E-state index is 0.940. The van der Waals surface area contributed by atoms with Crippen molar-refractivity contribution in [1.29, 1.82) is 0 Å². The van der Waals surface area contributed by atoms with E-state index >= 15 is 0 Å². The van der Waals surface area contributed by atoms with Gasteiger partial charge in [0, 0.05) is 3.92 Å². The zero-order valence-corrected chi connectivity index (χ0v) is 17.3. The molecule has 0 amide bonds. The highest BCUT2D eigenvalue weighted by Crippen LogP contribution is 2.18. The molecule has 0 spiro atoms. The molecule has 0 nitrogen and oxygen atoms in total. The molecule has 0 radical (unpaired) electrons. The monoisotopic (exact) mass is 492 g/mol. The van der Waals surface area contributed by atoms with Gasteiger partial charge in [0.15, 0.2) is 0 Å². The first-order valence-electron chi connectivity index (χ1n) is 8.51. The fourth-order valence-electron chi connectivity index (χ4n) is 2.44. The Morgan fingerprint density at radius 2 is 1.05 bits per heavy atom. The first-order valence-corrected chi connectivity index (χ1v) is 11.3. The molecule has 116 valence electrons. The van der Waals surface area contributed by atoms with E-state index in [4.69, 9.17) is 0 Å². The molecule has 0 rings (SSSR count). The highest BCUT2D eigenvalue weighted by molar-refractivity contribution is 14.1. The number of hydrogen-bond acceptors (Lipinski definition) is 0. The second-order valence-electron chi connectivity index (χ2n) is 5.75. The topological polar surface area (TPSA) is 0 Å². The van der Waals surface area contributed by atoms with Crippen LogP contribution in [0.3, 0.4) is 0 Å². The molecule has 0 saturated heterocycles. The summed E-state index contributed by atoms with van der Waals surface area (Å²) in [5.74, 6) is 0. The smallest absolute Gasteiger partial charge is 0.0110 e. The van der Waals surface area contributed by atoms with Crippen LogP contribution in [0.2, 0.25) is 0 Å². The summed E-state index contributed by atoms with van der Waals surface area (Å²) in [6.45, 7) is 2.30. The van der Waals surface area contributed by atoms with E-state index in [9.17, 15) is 0 Å². The Labute approximate surface area is 149 Å². The third-order valence-electron chi connectivity index (χ3n) is 3.77. The van der Waals surface area contributed by atoms with Gasteiger partial charge in [-0.05, 0) is 23.7 Å². The molecule has 0 aromatic carbocycles. The number of rotatable bonds is 15. The average molecular weight is 492 g/mol. The van der Waals surface area contributed by atoms with Crippen LogP contribution in [0.15, 0.2) is 0 Å². The van der Waals surface area contributed by atoms with E-state index in [0.29, 0.717) is 0 Å². The Balaban J connectivity index is 3.02. The lowest BCUT2D eigenvalue weighted by atomic mass is 10.0. The van der Waals surface area contributed by atoms with Gasteiger partial charge in [-0.15, -0.1) is 0 Å². The van der Waals surface area contributed by atoms with Crippen LogP contribution in [0, 0.1) is 0 Å². The van der Waals surface area contributed by atoms with Gasteiger partial charge in [0.2, 0.25) is 0 Å². The molecule has 2 heteroatoms. The van der Waals surface area contributed by atoms with E-state index in [1.807, 2.05) is 0 Å². The Kier molecular flexibility index (Phi) is 18.9. The molecule has 0 aliphatic rings. The minimum atomic E-state index is 0.940. The molecule has 0 bridgehead atoms. The van der Waals surface area contributed by atoms with E-state index in [1.54, 1.807) is 0 Å². The Hall–Kier alpha value is 1.46. The van der Waals surface area contributed by atoms with Crippen molar-refractivity contribution in [2.75, 3.05) is 4.43 Å². The van der Waals surface area contributed by atoms with Crippen molar-refractivity contribution in [3.8, 4) is 0 Å². The molecule has 0 aliphatic carbocycles. The normalized spacial score (nSPS) is 12.8. The predicted octanol–water partition coefficient (Wildman–Crippen LogP) is 7.71. The predicted molar refractivity (Wildman–Crippen MR) is 107 cm³/mol. The molecule has 0 N–H and O–H groups in total. The van der Waals surface area contributed by atoms with Crippen molar-refractivity contribution in [2.45, 2.75) is 101 Å². The van der Waals surface area contributed by atoms with E-state index < -0.39 is 0 Å². The summed E-state index contributed by atoms with van der Waals surface area (Å²) in [5, 5.41) is 0. The first-order chi connectivity index (χ1) is 9.31. The lowest BCUT2D eigenvalue weighted by Gasteiger charge is -2.08. The molecule has 0 saturated carbocycles. The molecule has 19 heavy (non-hydrogen) atoms. The van der Waals surface area contributed by atoms with Gasteiger partial charge < -0.3 is 0 Å². The van der Waals surface area contributed by atoms with Crippen molar-refractivity contribution >= 4 is 45.2 Å². The Morgan fingerprint density at radius 3 is 1.53 bits per heavy atom. The zero-order valence-electron chi connectivity index (χ0n) is 12.9. The van der Waals surface area contributed by atoms with Crippen LogP contribution >= 0.6 is 45.2 Å². The molecule has 0 aromatic rings. The van der Waals surface area contributed by atoms with E-state index in [-0.39, 0.29) is 0 Å². The van der Waals surface area contributed by atoms with Gasteiger partial charge in [0.1, 0.15) is 0 Å². The maximum Gasteiger partial charge on any atom is 0.0110 e. The van der Waals surface area contributed by atoms with Gasteiger partial charge >= 0.3 is 0 Å². The molecule has 1 unspecified atom stereocenters. The minimum Gasteiger partial charge on any atom is -0.0864 e. The van der Waals surface area contributed by atoms with Gasteiger partial charge in [0.25, 0.3) is 0 Å². The molecule has 0 heterocycles. The van der Waals surface area contributed by atoms with E-state index in [1.165, 1.54) is 94.3 Å². The third-order valence-corrected chi connectivity index (χ3v) is 5.78. The lowest BCUT2D eigenvalue weighted by molar-refractivity contribution is 0.543. The van der Waals surface area contributed by atoms with Crippen LogP contribution in [0.5, 0.6) is 0 Å². The second kappa shape index (κ2) is 17.5. The summed E-state index contributed by atoms with van der Waals surface area (Å²) in [4.78, 5) is 0. The molecule has 0 aliphatic heterocycles. The highest BCUT2D eigenvalue weighted by atomic mass is 127. The first kappa shape index (κ1) is 20.5. The van der Waals surface area contributed by atoms with Gasteiger partial charge in [-0.25, -0.2) is 0 Å². The van der Waals surface area contributed by atoms with Crippen LogP contribution in [-0.4, -0.2) is 8.35 Å². The van der Waals surface area contributed by atoms with Crippen LogP contribution < -0.4 is 0 Å². The van der Waals surface area contributed by atoms with Crippen molar-refractivity contribution in [2.24, 2.45) is 0 Å². The highest BCUT2D eigenvalue weighted by Gasteiger charge is 2.02. The standard InChI is InChI=1S/C17H34I2/c1-2-3-14-17(19)15-12-10-8-6-4-5-7-9-11-13-16-18/h17H,2-16H2,1H3. The van der Waals surface area contributed by atoms with Gasteiger partial charge in [-0.2, -0.15) is 0 Å². The fraction of sp³-hybridized carbons (Fsp3) is 1.00. The summed E-state index contributed by atoms with van der Waals surface area (Å²) in [6.07, 6.45) is 20.4. The quantitative estimate of drug-likeness (QED) is 0.125. The molecular weight excluding hydrogens is 458 g/mol. The number of unbranched alkanes of at least 4 members (excludes halogenated alkanes) is 10. The second-order valence-corrected chi connectivity index (χ2v) is 8.59. The fourth-order valence-corrected chi connectivity index (χ4v) is 3.86. The van der Waals surface area contributed by atoms with Crippen molar-refractivity contribution in [3.63, 3.8) is 0 Å². The van der Waals surface area contributed by atoms with Gasteiger partial charge in [-0.3, -0.25) is 0 Å². The molecule has 1 atom stereocenters. The SMILES string of the molecule is CCCCC(I)CCCCCCCCCCCCI. The largest absolute Gasteiger partial charge is 0.0864 e. The molecule has 0 aromatic heterocycles. The van der Waals surface area contributed by atoms with Crippen LogP contribution in [0.4, 0.5) is 0 Å². The number of hydrogen-bond donors (Lipinski definition) is 0. The lowest BCUT2D eigenvalue weighted by Crippen LogP contribution is -1.97. The summed E-state index contributed by atoms with van der Waals surface area (Å²) in [7, 11) is 0. The van der Waals surface area contributed by atoms with Crippen LogP contribution in [0.25, 0.3) is 0 Å². The Bertz CT molecular complexity index is 159. The van der Waals surface area contributed by atoms with Crippen molar-refractivity contribution in [1.82, 2.24) is 0 Å². The molecule has 0 fully saturated rings. The van der Waals surface area contributed by atoms with Gasteiger partial charge in [0.05, 0.1) is 0 Å².